The van der Waals surface area contributed by atoms with Gasteiger partial charge >= 0.3 is 0 Å². The molecule has 0 atom stereocenters. The molecule has 0 amide bonds. The topological polar surface area (TPSA) is 41.3 Å². The molecule has 0 aromatic heterocycles. The molecule has 0 saturated carbocycles. The van der Waals surface area contributed by atoms with E-state index in [1.807, 2.05) is 13.1 Å². The molecule has 0 unspecified atom stereocenters. The Balaban J connectivity index is 2.32. The number of anilines is 1. The number of benzene rings is 2. The third-order valence-electron chi connectivity index (χ3n) is 4.27. The number of para-hydroxylation sites is 1. The number of hydrogen-bond acceptors (Lipinski definition) is 3. The molecule has 3 nitrogen and oxygen atoms in total. The van der Waals surface area contributed by atoms with Crippen LogP contribution < -0.4 is 16.0 Å². The summed E-state index contributed by atoms with van der Waals surface area (Å²) in [5.41, 5.74) is 13.1. The maximum atomic E-state index is 6.54. The average Bonchev–Trinajstić information content (AvgIpc) is 2.53. The van der Waals surface area contributed by atoms with Gasteiger partial charge in [0, 0.05) is 36.4 Å². The van der Waals surface area contributed by atoms with Crippen molar-refractivity contribution in [2.45, 2.75) is 26.4 Å². The van der Waals surface area contributed by atoms with Crippen molar-refractivity contribution in [2.24, 2.45) is 5.73 Å². The van der Waals surface area contributed by atoms with E-state index >= 15 is 0 Å². The highest BCUT2D eigenvalue weighted by Gasteiger charge is 2.22. The molecule has 0 saturated heterocycles. The van der Waals surface area contributed by atoms with E-state index < -0.39 is 0 Å². The molecule has 0 fully saturated rings. The fourth-order valence-electron chi connectivity index (χ4n) is 3.13. The number of fused-ring (bicyclic) bond motifs is 2. The largest absolute Gasteiger partial charge is 0.396 e. The van der Waals surface area contributed by atoms with Crippen LogP contribution in [0.25, 0.3) is 11.4 Å². The summed E-state index contributed by atoms with van der Waals surface area (Å²) >= 11 is 0. The summed E-state index contributed by atoms with van der Waals surface area (Å²) in [6.45, 7) is 5.32. The standard InChI is InChI=1S/C19H23N3/c1-13(2)22-12-14-8-4-5-9-15(14)19(21-3)18(20)16-10-6-7-11-17(16)22/h4-11,13,21H,12,20H2,1-3H3/b19-18-. The van der Waals surface area contributed by atoms with Crippen LogP contribution in [0.5, 0.6) is 0 Å². The number of rotatable bonds is 2. The molecule has 0 aliphatic carbocycles. The van der Waals surface area contributed by atoms with Gasteiger partial charge in [-0.05, 0) is 25.5 Å². The Morgan fingerprint density at radius 3 is 2.32 bits per heavy atom. The van der Waals surface area contributed by atoms with Gasteiger partial charge in [0.05, 0.1) is 11.4 Å². The van der Waals surface area contributed by atoms with Gasteiger partial charge in [-0.2, -0.15) is 0 Å². The summed E-state index contributed by atoms with van der Waals surface area (Å²) in [6, 6.07) is 17.3. The predicted octanol–water partition coefficient (Wildman–Crippen LogP) is 3.42. The summed E-state index contributed by atoms with van der Waals surface area (Å²) in [4.78, 5) is 2.41. The predicted molar refractivity (Wildman–Crippen MR) is 94.3 cm³/mol. The average molecular weight is 293 g/mol. The molecule has 3 N–H and O–H groups in total. The molecule has 1 aliphatic heterocycles. The van der Waals surface area contributed by atoms with Gasteiger partial charge in [-0.3, -0.25) is 0 Å². The smallest absolute Gasteiger partial charge is 0.0655 e. The maximum Gasteiger partial charge on any atom is 0.0655 e. The van der Waals surface area contributed by atoms with Gasteiger partial charge in [0.1, 0.15) is 0 Å². The fraction of sp³-hybridized carbons (Fsp3) is 0.263. The van der Waals surface area contributed by atoms with Gasteiger partial charge < -0.3 is 16.0 Å². The third-order valence-corrected chi connectivity index (χ3v) is 4.27. The van der Waals surface area contributed by atoms with Crippen molar-refractivity contribution in [2.75, 3.05) is 11.9 Å². The van der Waals surface area contributed by atoms with Gasteiger partial charge in [0.15, 0.2) is 0 Å². The quantitative estimate of drug-likeness (QED) is 0.891. The summed E-state index contributed by atoms with van der Waals surface area (Å²) in [5.74, 6) is 0. The lowest BCUT2D eigenvalue weighted by atomic mass is 9.95. The summed E-state index contributed by atoms with van der Waals surface area (Å²) < 4.78 is 0. The summed E-state index contributed by atoms with van der Waals surface area (Å²) in [7, 11) is 1.93. The van der Waals surface area contributed by atoms with Crippen molar-refractivity contribution < 1.29 is 0 Å². The van der Waals surface area contributed by atoms with Crippen molar-refractivity contribution in [1.82, 2.24) is 5.32 Å². The van der Waals surface area contributed by atoms with E-state index in [1.165, 1.54) is 16.8 Å². The van der Waals surface area contributed by atoms with Crippen LogP contribution in [0.2, 0.25) is 0 Å². The minimum atomic E-state index is 0.401. The van der Waals surface area contributed by atoms with Gasteiger partial charge in [-0.25, -0.2) is 0 Å². The second kappa shape index (κ2) is 5.76. The van der Waals surface area contributed by atoms with Crippen molar-refractivity contribution >= 4 is 17.1 Å². The molecule has 0 radical (unpaired) electrons. The summed E-state index contributed by atoms with van der Waals surface area (Å²) in [5, 5.41) is 3.30. The zero-order valence-electron chi connectivity index (χ0n) is 13.4. The lowest BCUT2D eigenvalue weighted by molar-refractivity contribution is 0.680. The molecule has 0 bridgehead atoms. The molecule has 3 heteroatoms. The molecule has 1 aliphatic rings. The highest BCUT2D eigenvalue weighted by molar-refractivity contribution is 5.93. The van der Waals surface area contributed by atoms with Gasteiger partial charge in [-0.1, -0.05) is 42.5 Å². The van der Waals surface area contributed by atoms with Crippen molar-refractivity contribution in [3.63, 3.8) is 0 Å². The Bertz CT molecular complexity index is 716. The Morgan fingerprint density at radius 1 is 1.00 bits per heavy atom. The zero-order valence-corrected chi connectivity index (χ0v) is 13.4. The highest BCUT2D eigenvalue weighted by Crippen LogP contribution is 2.35. The van der Waals surface area contributed by atoms with E-state index in [2.05, 4.69) is 66.5 Å². The first-order valence-electron chi connectivity index (χ1n) is 7.75. The molecule has 2 aromatic carbocycles. The van der Waals surface area contributed by atoms with Gasteiger partial charge in [0.2, 0.25) is 0 Å². The molecular formula is C19H23N3. The van der Waals surface area contributed by atoms with E-state index in [0.29, 0.717) is 6.04 Å². The van der Waals surface area contributed by atoms with Crippen LogP contribution in [0.3, 0.4) is 0 Å². The zero-order chi connectivity index (χ0) is 15.7. The van der Waals surface area contributed by atoms with Crippen LogP contribution in [0.15, 0.2) is 48.5 Å². The van der Waals surface area contributed by atoms with Crippen molar-refractivity contribution in [3.05, 3.63) is 65.2 Å². The van der Waals surface area contributed by atoms with Crippen LogP contribution in [0.1, 0.15) is 30.5 Å². The van der Waals surface area contributed by atoms with E-state index in [9.17, 15) is 0 Å². The van der Waals surface area contributed by atoms with Gasteiger partial charge in [-0.15, -0.1) is 0 Å². The SMILES string of the molecule is CN/C1=C(\N)c2ccccc2N(C(C)C)Cc2ccccc21. The Hall–Kier alpha value is -2.42. The van der Waals surface area contributed by atoms with E-state index in [4.69, 9.17) is 5.73 Å². The fourth-order valence-corrected chi connectivity index (χ4v) is 3.13. The van der Waals surface area contributed by atoms with Gasteiger partial charge in [0.25, 0.3) is 0 Å². The molecule has 1 heterocycles. The normalized spacial score (nSPS) is 17.5. The number of hydrogen-bond donors (Lipinski definition) is 2. The second-order valence-corrected chi connectivity index (χ2v) is 5.93. The summed E-state index contributed by atoms with van der Waals surface area (Å²) in [6.07, 6.45) is 0. The molecule has 114 valence electrons. The monoisotopic (exact) mass is 293 g/mol. The van der Waals surface area contributed by atoms with Crippen LogP contribution in [0, 0.1) is 0 Å². The van der Waals surface area contributed by atoms with Crippen LogP contribution in [-0.2, 0) is 6.54 Å². The highest BCUT2D eigenvalue weighted by atomic mass is 15.2. The molecule has 2 aromatic rings. The Morgan fingerprint density at radius 2 is 1.64 bits per heavy atom. The lowest BCUT2D eigenvalue weighted by Crippen LogP contribution is -2.33. The van der Waals surface area contributed by atoms with E-state index in [0.717, 1.165) is 23.5 Å². The third kappa shape index (κ3) is 2.33. The maximum absolute atomic E-state index is 6.54. The van der Waals surface area contributed by atoms with Crippen LogP contribution >= 0.6 is 0 Å². The molecule has 3 rings (SSSR count). The molecular weight excluding hydrogens is 270 g/mol. The van der Waals surface area contributed by atoms with Crippen molar-refractivity contribution in [3.8, 4) is 0 Å². The minimum absolute atomic E-state index is 0.401. The Labute approximate surface area is 132 Å². The second-order valence-electron chi connectivity index (χ2n) is 5.93. The van der Waals surface area contributed by atoms with E-state index in [-0.39, 0.29) is 0 Å². The van der Waals surface area contributed by atoms with Crippen molar-refractivity contribution in [1.29, 1.82) is 0 Å². The number of nitrogens with zero attached hydrogens (tertiary/aromatic N) is 1. The molecule has 22 heavy (non-hydrogen) atoms. The number of nitrogens with two attached hydrogens (primary N) is 1. The minimum Gasteiger partial charge on any atom is -0.396 e. The number of nitrogens with one attached hydrogen (secondary N) is 1. The van der Waals surface area contributed by atoms with E-state index in [1.54, 1.807) is 0 Å². The first-order chi connectivity index (χ1) is 10.6. The van der Waals surface area contributed by atoms with Crippen LogP contribution in [0.4, 0.5) is 5.69 Å². The first kappa shape index (κ1) is 14.5. The Kier molecular flexibility index (Phi) is 3.80. The lowest BCUT2D eigenvalue weighted by Gasteiger charge is -2.34. The molecule has 0 spiro atoms. The first-order valence-corrected chi connectivity index (χ1v) is 7.75. The van der Waals surface area contributed by atoms with Crippen LogP contribution in [-0.4, -0.2) is 13.1 Å².